The summed E-state index contributed by atoms with van der Waals surface area (Å²) >= 11 is 0. The molecule has 4 fully saturated rings. The first-order valence-corrected chi connectivity index (χ1v) is 21.7. The lowest BCUT2D eigenvalue weighted by Gasteiger charge is -2.49. The van der Waals surface area contributed by atoms with Gasteiger partial charge in [0.25, 0.3) is 0 Å². The van der Waals surface area contributed by atoms with E-state index >= 15 is 0 Å². The number of hydrogen-bond acceptors (Lipinski definition) is 19. The maximum absolute atomic E-state index is 11.4. The van der Waals surface area contributed by atoms with Crippen molar-refractivity contribution in [2.75, 3.05) is 6.61 Å². The van der Waals surface area contributed by atoms with Crippen LogP contribution in [0.4, 0.5) is 0 Å². The smallest absolute Gasteiger partial charge is 0.303 e. The molecule has 0 aromatic carbocycles. The third-order valence-electron chi connectivity index (χ3n) is 11.9. The Morgan fingerprint density at radius 3 is 1.55 bits per heavy atom. The Hall–Kier alpha value is -1.25. The lowest BCUT2D eigenvalue weighted by atomic mass is 9.96. The van der Waals surface area contributed by atoms with Gasteiger partial charge in [-0.05, 0) is 40.0 Å². The van der Waals surface area contributed by atoms with Gasteiger partial charge in [0.05, 0.1) is 31.0 Å². The van der Waals surface area contributed by atoms with Gasteiger partial charge in [0, 0.05) is 6.42 Å². The zero-order chi connectivity index (χ0) is 44.3. The van der Waals surface area contributed by atoms with E-state index in [4.69, 9.17) is 43.0 Å². The zero-order valence-corrected chi connectivity index (χ0v) is 35.1. The molecular formula is C40H72O20. The Labute approximate surface area is 351 Å². The summed E-state index contributed by atoms with van der Waals surface area (Å²) in [5.41, 5.74) is 0. The summed E-state index contributed by atoms with van der Waals surface area (Å²) in [6.45, 7) is 5.76. The number of carboxylic acids is 1. The second-order valence-corrected chi connectivity index (χ2v) is 16.7. The molecule has 20 heteroatoms. The summed E-state index contributed by atoms with van der Waals surface area (Å²) in [6, 6.07) is 0. The summed E-state index contributed by atoms with van der Waals surface area (Å²) in [4.78, 5) is 10.8. The largest absolute Gasteiger partial charge is 0.481 e. The van der Waals surface area contributed by atoms with Gasteiger partial charge in [0.15, 0.2) is 25.2 Å². The molecule has 60 heavy (non-hydrogen) atoms. The molecule has 0 amide bonds. The summed E-state index contributed by atoms with van der Waals surface area (Å²) in [6.07, 6.45) is -20.2. The van der Waals surface area contributed by atoms with Crippen molar-refractivity contribution >= 4 is 5.97 Å². The van der Waals surface area contributed by atoms with Gasteiger partial charge < -0.3 is 94.1 Å². The van der Waals surface area contributed by atoms with Gasteiger partial charge in [0.1, 0.15) is 79.4 Å². The maximum Gasteiger partial charge on any atom is 0.303 e. The lowest BCUT2D eigenvalue weighted by Crippen LogP contribution is -2.67. The second-order valence-electron chi connectivity index (χ2n) is 16.7. The van der Waals surface area contributed by atoms with E-state index in [2.05, 4.69) is 6.92 Å². The molecule has 20 nitrogen and oxygen atoms in total. The molecule has 0 unspecified atom stereocenters. The number of carboxylic acid groups (broad SMARTS) is 1. The van der Waals surface area contributed by atoms with Crippen LogP contribution in [0.2, 0.25) is 0 Å². The average molecular weight is 873 g/mol. The van der Waals surface area contributed by atoms with E-state index < -0.39 is 135 Å². The van der Waals surface area contributed by atoms with Crippen molar-refractivity contribution in [2.45, 2.75) is 240 Å². The molecule has 4 aliphatic heterocycles. The number of aliphatic hydroxyl groups is 10. The molecule has 352 valence electrons. The first kappa shape index (κ1) is 51.4. The highest BCUT2D eigenvalue weighted by atomic mass is 16.8. The average Bonchev–Trinajstić information content (AvgIpc) is 3.21. The number of hydrogen-bond donors (Lipinski definition) is 11. The van der Waals surface area contributed by atoms with Crippen LogP contribution in [0.15, 0.2) is 0 Å². The number of unbranched alkanes of at least 4 members (excludes halogenated alkanes) is 8. The van der Waals surface area contributed by atoms with Crippen LogP contribution in [-0.4, -0.2) is 198 Å². The van der Waals surface area contributed by atoms with Crippen molar-refractivity contribution in [3.63, 3.8) is 0 Å². The third-order valence-corrected chi connectivity index (χ3v) is 11.9. The summed E-state index contributed by atoms with van der Waals surface area (Å²) in [5.74, 6) is -0.791. The van der Waals surface area contributed by atoms with Crippen molar-refractivity contribution < 1.29 is 98.9 Å². The van der Waals surface area contributed by atoms with Crippen LogP contribution in [0.1, 0.15) is 111 Å². The van der Waals surface area contributed by atoms with E-state index in [0.29, 0.717) is 19.3 Å². The topological polar surface area (TPSA) is 313 Å². The summed E-state index contributed by atoms with van der Waals surface area (Å²) in [5, 5.41) is 116. The molecular weight excluding hydrogens is 800 g/mol. The Bertz CT molecular complexity index is 1240. The van der Waals surface area contributed by atoms with Crippen LogP contribution in [-0.2, 0) is 42.7 Å². The first-order chi connectivity index (χ1) is 28.5. The van der Waals surface area contributed by atoms with Gasteiger partial charge in [-0.25, -0.2) is 0 Å². The summed E-state index contributed by atoms with van der Waals surface area (Å²) < 4.78 is 47.7. The van der Waals surface area contributed by atoms with Crippen LogP contribution in [0.3, 0.4) is 0 Å². The molecule has 0 radical (unpaired) electrons. The fraction of sp³-hybridized carbons (Fsp3) is 0.975. The molecule has 0 aromatic rings. The Morgan fingerprint density at radius 1 is 0.500 bits per heavy atom. The van der Waals surface area contributed by atoms with Crippen LogP contribution >= 0.6 is 0 Å². The molecule has 4 aliphatic rings. The highest BCUT2D eigenvalue weighted by Gasteiger charge is 2.55. The van der Waals surface area contributed by atoms with Gasteiger partial charge in [-0.2, -0.15) is 0 Å². The predicted molar refractivity (Wildman–Crippen MR) is 206 cm³/mol. The highest BCUT2D eigenvalue weighted by Crippen LogP contribution is 2.35. The minimum Gasteiger partial charge on any atom is -0.481 e. The number of aliphatic hydroxyl groups excluding tert-OH is 10. The monoisotopic (exact) mass is 872 g/mol. The molecule has 0 spiro atoms. The second kappa shape index (κ2) is 24.7. The quantitative estimate of drug-likeness (QED) is 0.0543. The number of ether oxygens (including phenoxy) is 8. The van der Waals surface area contributed by atoms with Crippen molar-refractivity contribution in [2.24, 2.45) is 0 Å². The van der Waals surface area contributed by atoms with Crippen LogP contribution < -0.4 is 0 Å². The Morgan fingerprint density at radius 2 is 0.950 bits per heavy atom. The molecule has 0 saturated carbocycles. The maximum atomic E-state index is 11.4. The minimum absolute atomic E-state index is 0.169. The van der Waals surface area contributed by atoms with Gasteiger partial charge in [-0.1, -0.05) is 64.7 Å². The number of carbonyl (C=O) groups is 1. The molecule has 21 atom stereocenters. The molecule has 0 aliphatic carbocycles. The molecule has 0 aromatic heterocycles. The van der Waals surface area contributed by atoms with E-state index in [1.54, 1.807) is 6.92 Å². The molecule has 0 bridgehead atoms. The number of rotatable bonds is 23. The summed E-state index contributed by atoms with van der Waals surface area (Å²) in [7, 11) is 0. The van der Waals surface area contributed by atoms with E-state index in [9.17, 15) is 55.9 Å². The lowest BCUT2D eigenvalue weighted by molar-refractivity contribution is -0.398. The SMILES string of the molecule is CCCCC[C@@H](CCCCCCCCCC(=O)O)O[C@@H]1O[C@H](C)[C@@H](O)[C@H](O)[C@H]1O[C@@H]1O[C@H](CO)[C@@H](O)[C@H](O)[C@H]1O[C@@H]1O[C@@H](C)[C@H](O[C@@H]2O[C@H](C)[C@@H](O)[C@H](O)[C@H]2O)[C@@H](O)[C@H]1O. The van der Waals surface area contributed by atoms with Gasteiger partial charge in [0.2, 0.25) is 0 Å². The molecule has 11 N–H and O–H groups in total. The van der Waals surface area contributed by atoms with Crippen molar-refractivity contribution in [1.29, 1.82) is 0 Å². The standard InChI is InChI=1S/C40H72O20/c1-5-6-12-15-22(16-13-10-8-7-9-11-14-17-24(42)43)56-39-35(29(48)26(45)20(3)54-39)60-40-36(30(49)27(46)23(18-41)57-40)59-38-33(52)31(50)34(21(4)55-38)58-37-32(51)28(47)25(44)19(2)53-37/h19-23,25-41,44-52H,5-18H2,1-4H3,(H,42,43)/t19-,20-,21+,22+,23-,25-,26-,27-,28+,29+,30+,31+,32-,33-,34+,35-,36-,37+,38+,39+,40+/m1/s1. The van der Waals surface area contributed by atoms with Crippen molar-refractivity contribution in [3.8, 4) is 0 Å². The fourth-order valence-corrected chi connectivity index (χ4v) is 8.09. The van der Waals surface area contributed by atoms with Crippen LogP contribution in [0.25, 0.3) is 0 Å². The molecule has 4 rings (SSSR count). The fourth-order valence-electron chi connectivity index (χ4n) is 8.09. The van der Waals surface area contributed by atoms with Crippen molar-refractivity contribution in [1.82, 2.24) is 0 Å². The normalized spacial score (nSPS) is 43.2. The Balaban J connectivity index is 1.46. The van der Waals surface area contributed by atoms with Gasteiger partial charge in [-0.15, -0.1) is 0 Å². The van der Waals surface area contributed by atoms with E-state index in [0.717, 1.165) is 57.8 Å². The van der Waals surface area contributed by atoms with Crippen LogP contribution in [0.5, 0.6) is 0 Å². The minimum atomic E-state index is -1.90. The third kappa shape index (κ3) is 13.6. The van der Waals surface area contributed by atoms with E-state index in [1.165, 1.54) is 13.8 Å². The zero-order valence-electron chi connectivity index (χ0n) is 35.1. The van der Waals surface area contributed by atoms with E-state index in [1.807, 2.05) is 0 Å². The van der Waals surface area contributed by atoms with Crippen LogP contribution in [0, 0.1) is 0 Å². The molecule has 4 heterocycles. The van der Waals surface area contributed by atoms with E-state index in [-0.39, 0.29) is 12.5 Å². The highest BCUT2D eigenvalue weighted by molar-refractivity contribution is 5.66. The van der Waals surface area contributed by atoms with Crippen molar-refractivity contribution in [3.05, 3.63) is 0 Å². The molecule has 4 saturated heterocycles. The first-order valence-electron chi connectivity index (χ1n) is 21.7. The Kier molecular flexibility index (Phi) is 21.2. The number of aliphatic carboxylic acids is 1. The van der Waals surface area contributed by atoms with Gasteiger partial charge >= 0.3 is 5.97 Å². The van der Waals surface area contributed by atoms with Gasteiger partial charge in [-0.3, -0.25) is 4.79 Å². The predicted octanol–water partition coefficient (Wildman–Crippen LogP) is -1.10.